The zero-order valence-corrected chi connectivity index (χ0v) is 18.9. The summed E-state index contributed by atoms with van der Waals surface area (Å²) >= 11 is 7.25. The molecule has 0 saturated heterocycles. The minimum Gasteiger partial charge on any atom is -0.497 e. The zero-order chi connectivity index (χ0) is 22.3. The van der Waals surface area contributed by atoms with Crippen molar-refractivity contribution in [2.24, 2.45) is 0 Å². The molecular formula is C24H21ClN4O2S. The Bertz CT molecular complexity index is 1200. The number of ether oxygens (including phenoxy) is 1. The second kappa shape index (κ2) is 10.3. The molecule has 1 heterocycles. The molecule has 1 amide bonds. The van der Waals surface area contributed by atoms with Gasteiger partial charge in [-0.05, 0) is 42.0 Å². The average Bonchev–Trinajstić information content (AvgIpc) is 3.27. The summed E-state index contributed by atoms with van der Waals surface area (Å²) < 4.78 is 7.30. The van der Waals surface area contributed by atoms with Crippen LogP contribution in [0.3, 0.4) is 0 Å². The largest absolute Gasteiger partial charge is 0.497 e. The maximum Gasteiger partial charge on any atom is 0.230 e. The van der Waals surface area contributed by atoms with Crippen LogP contribution in [0.15, 0.2) is 84.0 Å². The maximum absolute atomic E-state index is 12.4. The Kier molecular flexibility index (Phi) is 7.09. The van der Waals surface area contributed by atoms with Crippen LogP contribution in [-0.4, -0.2) is 33.5 Å². The number of amides is 1. The van der Waals surface area contributed by atoms with Crippen molar-refractivity contribution in [3.63, 3.8) is 0 Å². The van der Waals surface area contributed by atoms with E-state index in [1.165, 1.54) is 11.8 Å². The van der Waals surface area contributed by atoms with E-state index in [4.69, 9.17) is 16.3 Å². The van der Waals surface area contributed by atoms with E-state index in [9.17, 15) is 4.79 Å². The lowest BCUT2D eigenvalue weighted by Crippen LogP contribution is -2.24. The summed E-state index contributed by atoms with van der Waals surface area (Å²) in [7, 11) is 1.63. The number of methoxy groups -OCH3 is 1. The minimum atomic E-state index is -0.0875. The van der Waals surface area contributed by atoms with Gasteiger partial charge in [0, 0.05) is 22.8 Å². The van der Waals surface area contributed by atoms with Crippen molar-refractivity contribution in [2.75, 3.05) is 12.9 Å². The predicted octanol–water partition coefficient (Wildman–Crippen LogP) is 5.00. The summed E-state index contributed by atoms with van der Waals surface area (Å²) in [5.41, 5.74) is 2.78. The third-order valence-electron chi connectivity index (χ3n) is 4.71. The molecule has 0 spiro atoms. The van der Waals surface area contributed by atoms with Gasteiger partial charge in [0.25, 0.3) is 0 Å². The fourth-order valence-corrected chi connectivity index (χ4v) is 4.01. The molecule has 1 N–H and O–H groups in total. The molecule has 0 radical (unpaired) electrons. The van der Waals surface area contributed by atoms with Crippen LogP contribution in [0.25, 0.3) is 17.1 Å². The molecule has 0 atom stereocenters. The van der Waals surface area contributed by atoms with E-state index in [0.717, 1.165) is 22.6 Å². The first kappa shape index (κ1) is 21.9. The molecular weight excluding hydrogens is 444 g/mol. The first-order chi connectivity index (χ1) is 15.6. The first-order valence-electron chi connectivity index (χ1n) is 9.93. The Morgan fingerprint density at radius 1 is 1.03 bits per heavy atom. The van der Waals surface area contributed by atoms with Crippen molar-refractivity contribution < 1.29 is 9.53 Å². The Labute approximate surface area is 195 Å². The van der Waals surface area contributed by atoms with E-state index in [1.54, 1.807) is 19.2 Å². The predicted molar refractivity (Wildman–Crippen MR) is 127 cm³/mol. The van der Waals surface area contributed by atoms with Crippen LogP contribution in [0.5, 0.6) is 5.75 Å². The highest BCUT2D eigenvalue weighted by atomic mass is 35.5. The van der Waals surface area contributed by atoms with Gasteiger partial charge in [-0.25, -0.2) is 0 Å². The number of carbonyl (C=O) groups is 1. The number of hydrogen-bond donors (Lipinski definition) is 1. The summed E-state index contributed by atoms with van der Waals surface area (Å²) in [5, 5.41) is 13.0. The van der Waals surface area contributed by atoms with Crippen LogP contribution in [0.4, 0.5) is 0 Å². The Balaban J connectivity index is 1.52. The number of benzene rings is 3. The number of rotatable bonds is 8. The number of aromatic nitrogens is 3. The first-order valence-corrected chi connectivity index (χ1v) is 11.3. The van der Waals surface area contributed by atoms with Gasteiger partial charge in [-0.1, -0.05) is 65.8 Å². The molecule has 0 aliphatic carbocycles. The summed E-state index contributed by atoms with van der Waals surface area (Å²) in [6, 6.07) is 24.9. The van der Waals surface area contributed by atoms with Gasteiger partial charge in [0.15, 0.2) is 11.0 Å². The van der Waals surface area contributed by atoms with E-state index in [0.29, 0.717) is 22.5 Å². The van der Waals surface area contributed by atoms with E-state index in [1.807, 2.05) is 71.3 Å². The lowest BCUT2D eigenvalue weighted by molar-refractivity contribution is -0.118. The zero-order valence-electron chi connectivity index (χ0n) is 17.4. The van der Waals surface area contributed by atoms with Crippen molar-refractivity contribution in [2.45, 2.75) is 11.7 Å². The molecule has 0 saturated carbocycles. The van der Waals surface area contributed by atoms with Gasteiger partial charge in [-0.3, -0.25) is 9.36 Å². The van der Waals surface area contributed by atoms with Crippen LogP contribution >= 0.6 is 23.4 Å². The molecule has 4 rings (SSSR count). The number of hydrogen-bond acceptors (Lipinski definition) is 5. The topological polar surface area (TPSA) is 69.0 Å². The van der Waals surface area contributed by atoms with Crippen LogP contribution in [-0.2, 0) is 11.3 Å². The molecule has 32 heavy (non-hydrogen) atoms. The molecule has 0 unspecified atom stereocenters. The fraction of sp³-hybridized carbons (Fsp3) is 0.125. The molecule has 162 valence electrons. The number of halogens is 1. The number of carbonyl (C=O) groups excluding carboxylic acids is 1. The third kappa shape index (κ3) is 5.30. The van der Waals surface area contributed by atoms with Crippen molar-refractivity contribution >= 4 is 29.3 Å². The summed E-state index contributed by atoms with van der Waals surface area (Å²) in [6.07, 6.45) is 0. The second-order valence-electron chi connectivity index (χ2n) is 6.90. The quantitative estimate of drug-likeness (QED) is 0.371. The molecule has 6 nitrogen and oxygen atoms in total. The summed E-state index contributed by atoms with van der Waals surface area (Å²) in [6.45, 7) is 0.441. The number of nitrogens with zero attached hydrogens (tertiary/aromatic N) is 3. The van der Waals surface area contributed by atoms with Crippen LogP contribution in [0, 0.1) is 0 Å². The monoisotopic (exact) mass is 464 g/mol. The van der Waals surface area contributed by atoms with E-state index in [-0.39, 0.29) is 11.7 Å². The maximum atomic E-state index is 12.4. The summed E-state index contributed by atoms with van der Waals surface area (Å²) in [4.78, 5) is 12.4. The molecule has 0 fully saturated rings. The molecule has 3 aromatic carbocycles. The lowest BCUT2D eigenvalue weighted by Gasteiger charge is -2.11. The number of para-hydroxylation sites is 1. The molecule has 0 aliphatic rings. The van der Waals surface area contributed by atoms with Gasteiger partial charge < -0.3 is 10.1 Å². The Morgan fingerprint density at radius 2 is 1.81 bits per heavy atom. The van der Waals surface area contributed by atoms with Gasteiger partial charge >= 0.3 is 0 Å². The molecule has 1 aromatic heterocycles. The molecule has 4 aromatic rings. The SMILES string of the molecule is COc1cccc(-c2nnc(SCC(=O)NCc3ccc(Cl)cc3)n2-c2ccccc2)c1. The van der Waals surface area contributed by atoms with Crippen molar-refractivity contribution in [1.82, 2.24) is 20.1 Å². The number of nitrogens with one attached hydrogen (secondary N) is 1. The highest BCUT2D eigenvalue weighted by Gasteiger charge is 2.17. The Hall–Kier alpha value is -3.29. The van der Waals surface area contributed by atoms with Gasteiger partial charge in [0.1, 0.15) is 5.75 Å². The Morgan fingerprint density at radius 3 is 2.56 bits per heavy atom. The summed E-state index contributed by atoms with van der Waals surface area (Å²) in [5.74, 6) is 1.55. The molecule has 0 bridgehead atoms. The van der Waals surface area contributed by atoms with E-state index in [2.05, 4.69) is 15.5 Å². The van der Waals surface area contributed by atoms with Gasteiger partial charge in [-0.2, -0.15) is 0 Å². The van der Waals surface area contributed by atoms with Crippen molar-refractivity contribution in [3.05, 3.63) is 89.4 Å². The van der Waals surface area contributed by atoms with E-state index >= 15 is 0 Å². The molecule has 0 aliphatic heterocycles. The van der Waals surface area contributed by atoms with E-state index < -0.39 is 0 Å². The minimum absolute atomic E-state index is 0.0875. The smallest absolute Gasteiger partial charge is 0.230 e. The average molecular weight is 465 g/mol. The van der Waals surface area contributed by atoms with Crippen LogP contribution < -0.4 is 10.1 Å². The van der Waals surface area contributed by atoms with Crippen molar-refractivity contribution in [1.29, 1.82) is 0 Å². The third-order valence-corrected chi connectivity index (χ3v) is 5.89. The fourth-order valence-electron chi connectivity index (χ4n) is 3.11. The van der Waals surface area contributed by atoms with Crippen molar-refractivity contribution in [3.8, 4) is 22.8 Å². The van der Waals surface area contributed by atoms with Crippen LogP contribution in [0.2, 0.25) is 5.02 Å². The van der Waals surface area contributed by atoms with Crippen LogP contribution in [0.1, 0.15) is 5.56 Å². The second-order valence-corrected chi connectivity index (χ2v) is 8.28. The van der Waals surface area contributed by atoms with Gasteiger partial charge in [-0.15, -0.1) is 10.2 Å². The standard InChI is InChI=1S/C24H21ClN4O2S/c1-31-21-9-5-6-18(14-21)23-27-28-24(29(23)20-7-3-2-4-8-20)32-16-22(30)26-15-17-10-12-19(25)13-11-17/h2-14H,15-16H2,1H3,(H,26,30). The normalized spacial score (nSPS) is 10.7. The van der Waals surface area contributed by atoms with Gasteiger partial charge in [0.2, 0.25) is 5.91 Å². The van der Waals surface area contributed by atoms with Gasteiger partial charge in [0.05, 0.1) is 12.9 Å². The number of thioether (sulfide) groups is 1. The molecule has 8 heteroatoms. The lowest BCUT2D eigenvalue weighted by atomic mass is 10.2. The highest BCUT2D eigenvalue weighted by molar-refractivity contribution is 7.99. The highest BCUT2D eigenvalue weighted by Crippen LogP contribution is 2.29.